The molecule has 3 aromatic carbocycles. The monoisotopic (exact) mass is 508 g/mol. The van der Waals surface area contributed by atoms with E-state index in [0.717, 1.165) is 11.1 Å². The largest absolute Gasteiger partial charge is 0.507 e. The van der Waals surface area contributed by atoms with E-state index in [4.69, 9.17) is 4.74 Å². The van der Waals surface area contributed by atoms with Crippen molar-refractivity contribution in [2.24, 2.45) is 0 Å². The lowest BCUT2D eigenvalue weighted by molar-refractivity contribution is -0.140. The molecular formula is C31H25FN2O4. The van der Waals surface area contributed by atoms with Gasteiger partial charge in [0.25, 0.3) is 11.7 Å². The summed E-state index contributed by atoms with van der Waals surface area (Å²) in [5.74, 6) is -2.02. The summed E-state index contributed by atoms with van der Waals surface area (Å²) in [5, 5.41) is 11.3. The van der Waals surface area contributed by atoms with Gasteiger partial charge in [0.2, 0.25) is 0 Å². The van der Waals surface area contributed by atoms with E-state index >= 15 is 4.39 Å². The van der Waals surface area contributed by atoms with Gasteiger partial charge in [-0.1, -0.05) is 54.6 Å². The highest BCUT2D eigenvalue weighted by Gasteiger charge is 2.47. The quantitative estimate of drug-likeness (QED) is 0.196. The summed E-state index contributed by atoms with van der Waals surface area (Å²) in [5.41, 5.74) is 2.70. The Morgan fingerprint density at radius 3 is 2.42 bits per heavy atom. The summed E-state index contributed by atoms with van der Waals surface area (Å²) in [7, 11) is 0. The molecule has 1 aliphatic rings. The van der Waals surface area contributed by atoms with Crippen LogP contribution in [0.3, 0.4) is 0 Å². The number of amides is 1. The molecule has 0 bridgehead atoms. The van der Waals surface area contributed by atoms with Crippen LogP contribution in [0.25, 0.3) is 5.76 Å². The number of nitrogens with zero attached hydrogens (tertiary/aromatic N) is 2. The third-order valence-electron chi connectivity index (χ3n) is 6.50. The number of hydrogen-bond donors (Lipinski definition) is 1. The van der Waals surface area contributed by atoms with Crippen molar-refractivity contribution < 1.29 is 23.8 Å². The van der Waals surface area contributed by atoms with Gasteiger partial charge in [-0.25, -0.2) is 4.39 Å². The number of aryl methyl sites for hydroxylation is 1. The third-order valence-corrected chi connectivity index (χ3v) is 6.50. The van der Waals surface area contributed by atoms with E-state index in [1.165, 1.54) is 23.1 Å². The van der Waals surface area contributed by atoms with E-state index in [9.17, 15) is 14.7 Å². The number of carbonyl (C=O) groups is 2. The Kier molecular flexibility index (Phi) is 7.00. The Balaban J connectivity index is 1.53. The molecule has 2 heterocycles. The van der Waals surface area contributed by atoms with E-state index in [0.29, 0.717) is 23.5 Å². The van der Waals surface area contributed by atoms with Crippen LogP contribution in [0.4, 0.5) is 4.39 Å². The second kappa shape index (κ2) is 10.7. The molecule has 6 nitrogen and oxygen atoms in total. The minimum Gasteiger partial charge on any atom is -0.507 e. The lowest BCUT2D eigenvalue weighted by Gasteiger charge is -2.25. The molecule has 1 aromatic heterocycles. The first kappa shape index (κ1) is 24.9. The zero-order valence-corrected chi connectivity index (χ0v) is 20.7. The fourth-order valence-electron chi connectivity index (χ4n) is 4.60. The summed E-state index contributed by atoms with van der Waals surface area (Å²) >= 11 is 0. The number of carbonyl (C=O) groups excluding carboxylic acids is 2. The van der Waals surface area contributed by atoms with Gasteiger partial charge in [-0.3, -0.25) is 14.6 Å². The van der Waals surface area contributed by atoms with E-state index in [1.54, 1.807) is 48.8 Å². The van der Waals surface area contributed by atoms with Crippen molar-refractivity contribution in [3.05, 3.63) is 137 Å². The van der Waals surface area contributed by atoms with Crippen LogP contribution in [-0.4, -0.2) is 26.7 Å². The molecule has 1 atom stereocenters. The second-order valence-electron chi connectivity index (χ2n) is 9.06. The molecule has 1 fully saturated rings. The molecule has 0 saturated carbocycles. The van der Waals surface area contributed by atoms with Crippen LogP contribution in [0.2, 0.25) is 0 Å². The average Bonchev–Trinajstić information content (AvgIpc) is 3.18. The number of ether oxygens (including phenoxy) is 1. The molecule has 1 saturated heterocycles. The minimum atomic E-state index is -1.11. The van der Waals surface area contributed by atoms with E-state index in [1.807, 2.05) is 37.3 Å². The highest BCUT2D eigenvalue weighted by atomic mass is 19.1. The number of ketones is 1. The van der Waals surface area contributed by atoms with Crippen LogP contribution < -0.4 is 4.74 Å². The Morgan fingerprint density at radius 2 is 1.71 bits per heavy atom. The normalized spacial score (nSPS) is 16.6. The molecule has 0 aliphatic carbocycles. The summed E-state index contributed by atoms with van der Waals surface area (Å²) in [6.45, 7) is 2.23. The van der Waals surface area contributed by atoms with Gasteiger partial charge in [0.1, 0.15) is 23.9 Å². The molecule has 1 N–H and O–H groups in total. The predicted molar refractivity (Wildman–Crippen MR) is 140 cm³/mol. The van der Waals surface area contributed by atoms with Crippen molar-refractivity contribution in [3.8, 4) is 5.75 Å². The fourth-order valence-corrected chi connectivity index (χ4v) is 4.60. The van der Waals surface area contributed by atoms with Gasteiger partial charge in [-0.2, -0.15) is 0 Å². The topological polar surface area (TPSA) is 79.7 Å². The van der Waals surface area contributed by atoms with Gasteiger partial charge in [0.05, 0.1) is 11.6 Å². The predicted octanol–water partition coefficient (Wildman–Crippen LogP) is 5.73. The first-order valence-corrected chi connectivity index (χ1v) is 12.1. The molecule has 190 valence electrons. The van der Waals surface area contributed by atoms with Crippen LogP contribution in [0, 0.1) is 12.7 Å². The number of rotatable bonds is 7. The van der Waals surface area contributed by atoms with Crippen LogP contribution in [0.1, 0.15) is 33.9 Å². The number of halogens is 1. The molecule has 38 heavy (non-hydrogen) atoms. The molecular weight excluding hydrogens is 483 g/mol. The molecule has 0 radical (unpaired) electrons. The Hall–Kier alpha value is -4.78. The summed E-state index contributed by atoms with van der Waals surface area (Å²) in [6, 6.07) is 23.0. The zero-order valence-electron chi connectivity index (χ0n) is 20.7. The van der Waals surface area contributed by atoms with Gasteiger partial charge in [0.15, 0.2) is 0 Å². The summed E-state index contributed by atoms with van der Waals surface area (Å²) in [4.78, 5) is 31.8. The maximum absolute atomic E-state index is 15.0. The number of likely N-dealkylation sites (tertiary alicyclic amines) is 1. The van der Waals surface area contributed by atoms with Crippen molar-refractivity contribution >= 4 is 17.4 Å². The van der Waals surface area contributed by atoms with E-state index < -0.39 is 23.5 Å². The number of aromatic nitrogens is 1. The summed E-state index contributed by atoms with van der Waals surface area (Å²) < 4.78 is 20.9. The van der Waals surface area contributed by atoms with Crippen molar-refractivity contribution in [3.63, 3.8) is 0 Å². The molecule has 7 heteroatoms. The first-order chi connectivity index (χ1) is 18.4. The highest BCUT2D eigenvalue weighted by molar-refractivity contribution is 6.46. The minimum absolute atomic E-state index is 0.0273. The van der Waals surface area contributed by atoms with Crippen molar-refractivity contribution in [2.75, 3.05) is 0 Å². The smallest absolute Gasteiger partial charge is 0.295 e. The SMILES string of the molecule is Cc1cc(/C(O)=C2\C(=O)C(=O)N(Cc3cccnc3)C2c2ccccc2F)ccc1OCc1ccccc1. The number of Topliss-reactive ketones (excluding diaryl/α,β-unsaturated/α-hetero) is 1. The summed E-state index contributed by atoms with van der Waals surface area (Å²) in [6.07, 6.45) is 3.18. The average molecular weight is 509 g/mol. The standard InChI is InChI=1S/C31H25FN2O4/c1-20-16-23(13-14-26(20)38-19-21-8-3-2-4-9-21)29(35)27-28(24-11-5-6-12-25(24)32)34(31(37)30(27)36)18-22-10-7-15-33-17-22/h2-17,28,35H,18-19H2,1H3/b29-27+. The Morgan fingerprint density at radius 1 is 0.974 bits per heavy atom. The van der Waals surface area contributed by atoms with Gasteiger partial charge in [0, 0.05) is 30.1 Å². The van der Waals surface area contributed by atoms with E-state index in [-0.39, 0.29) is 23.4 Å². The molecule has 5 rings (SSSR count). The molecule has 1 amide bonds. The second-order valence-corrected chi connectivity index (χ2v) is 9.06. The van der Waals surface area contributed by atoms with Crippen LogP contribution in [0.15, 0.2) is 103 Å². The van der Waals surface area contributed by atoms with Gasteiger partial charge >= 0.3 is 0 Å². The number of aliphatic hydroxyl groups is 1. The van der Waals surface area contributed by atoms with Crippen molar-refractivity contribution in [1.82, 2.24) is 9.88 Å². The van der Waals surface area contributed by atoms with Gasteiger partial charge < -0.3 is 14.7 Å². The number of benzene rings is 3. The van der Waals surface area contributed by atoms with E-state index in [2.05, 4.69) is 4.98 Å². The molecule has 1 aliphatic heterocycles. The zero-order chi connectivity index (χ0) is 26.6. The maximum Gasteiger partial charge on any atom is 0.295 e. The molecule has 1 unspecified atom stereocenters. The number of pyridine rings is 1. The van der Waals surface area contributed by atoms with Crippen LogP contribution in [0.5, 0.6) is 5.75 Å². The van der Waals surface area contributed by atoms with Gasteiger partial charge in [-0.05, 0) is 53.9 Å². The van der Waals surface area contributed by atoms with Crippen molar-refractivity contribution in [2.45, 2.75) is 26.1 Å². The number of aliphatic hydroxyl groups excluding tert-OH is 1. The lowest BCUT2D eigenvalue weighted by Crippen LogP contribution is -2.29. The first-order valence-electron chi connectivity index (χ1n) is 12.1. The lowest BCUT2D eigenvalue weighted by atomic mass is 9.94. The fraction of sp³-hybridized carbons (Fsp3) is 0.129. The van der Waals surface area contributed by atoms with Crippen LogP contribution >= 0.6 is 0 Å². The highest BCUT2D eigenvalue weighted by Crippen LogP contribution is 2.41. The third kappa shape index (κ3) is 4.91. The molecule has 4 aromatic rings. The van der Waals surface area contributed by atoms with Crippen molar-refractivity contribution in [1.29, 1.82) is 0 Å². The molecule has 0 spiro atoms. The van der Waals surface area contributed by atoms with Gasteiger partial charge in [-0.15, -0.1) is 0 Å². The number of hydrogen-bond acceptors (Lipinski definition) is 5. The Bertz CT molecular complexity index is 1520. The Labute approximate surface area is 219 Å². The van der Waals surface area contributed by atoms with Crippen LogP contribution in [-0.2, 0) is 22.7 Å². The maximum atomic E-state index is 15.0.